The van der Waals surface area contributed by atoms with Crippen molar-refractivity contribution in [3.63, 3.8) is 0 Å². The van der Waals surface area contributed by atoms with Crippen molar-refractivity contribution in [3.05, 3.63) is 0 Å². The molecule has 0 bridgehead atoms. The normalized spacial score (nSPS) is 33.0. The van der Waals surface area contributed by atoms with E-state index in [0.717, 1.165) is 6.92 Å². The van der Waals surface area contributed by atoms with E-state index in [0.29, 0.717) is 0 Å². The maximum atomic E-state index is 11.4. The Bertz CT molecular complexity index is 507. The number of nitrogens with two attached hydrogens (primary N) is 1. The summed E-state index contributed by atoms with van der Waals surface area (Å²) in [5.41, 5.74) is 5.31. The molecule has 0 unspecified atom stereocenters. The zero-order chi connectivity index (χ0) is 20.9. The van der Waals surface area contributed by atoms with E-state index in [-0.39, 0.29) is 0 Å². The molecule has 0 spiro atoms. The van der Waals surface area contributed by atoms with E-state index < -0.39 is 80.1 Å². The number of hydrogen-bond acceptors (Lipinski definition) is 11. The van der Waals surface area contributed by atoms with Crippen LogP contribution in [0.15, 0.2) is 0 Å². The van der Waals surface area contributed by atoms with Gasteiger partial charge in [-0.05, 0) is 0 Å². The summed E-state index contributed by atoms with van der Waals surface area (Å²) in [6.07, 6.45) is -11.9. The molecule has 13 nitrogen and oxygen atoms in total. The van der Waals surface area contributed by atoms with Gasteiger partial charge in [0.05, 0.1) is 13.2 Å². The molecule has 1 amide bonds. The summed E-state index contributed by atoms with van der Waals surface area (Å²) in [7, 11) is 0. The predicted molar refractivity (Wildman–Crippen MR) is 84.9 cm³/mol. The molecule has 0 radical (unpaired) electrons. The van der Waals surface area contributed by atoms with Crippen LogP contribution in [-0.2, 0) is 19.1 Å². The first kappa shape index (κ1) is 23.6. The van der Waals surface area contributed by atoms with Crippen LogP contribution in [0.5, 0.6) is 0 Å². The highest BCUT2D eigenvalue weighted by atomic mass is 16.7. The number of carbonyl (C=O) groups is 2. The van der Waals surface area contributed by atoms with Crippen LogP contribution in [0.1, 0.15) is 6.92 Å². The van der Waals surface area contributed by atoms with Crippen LogP contribution in [0.25, 0.3) is 0 Å². The van der Waals surface area contributed by atoms with Gasteiger partial charge in [-0.3, -0.25) is 9.59 Å². The molecule has 0 aromatic carbocycles. The highest BCUT2D eigenvalue weighted by molar-refractivity contribution is 5.74. The van der Waals surface area contributed by atoms with Crippen LogP contribution >= 0.6 is 0 Å². The van der Waals surface area contributed by atoms with Crippen molar-refractivity contribution < 1.29 is 54.8 Å². The fraction of sp³-hybridized carbons (Fsp3) is 0.857. The maximum Gasteiger partial charge on any atom is 0.323 e. The Balaban J connectivity index is 3.12. The highest BCUT2D eigenvalue weighted by Crippen LogP contribution is 2.25. The van der Waals surface area contributed by atoms with E-state index in [1.54, 1.807) is 0 Å². The number of ether oxygens (including phenoxy) is 2. The minimum absolute atomic E-state index is 0.645. The van der Waals surface area contributed by atoms with Crippen molar-refractivity contribution in [2.75, 3.05) is 13.2 Å². The first-order valence-corrected chi connectivity index (χ1v) is 8.05. The second-order valence-corrected chi connectivity index (χ2v) is 6.14. The van der Waals surface area contributed by atoms with Crippen LogP contribution < -0.4 is 11.1 Å². The molecule has 0 aromatic heterocycles. The van der Waals surface area contributed by atoms with E-state index in [2.05, 4.69) is 5.32 Å². The van der Waals surface area contributed by atoms with Gasteiger partial charge in [0, 0.05) is 6.92 Å². The zero-order valence-electron chi connectivity index (χ0n) is 14.5. The maximum absolute atomic E-state index is 11.4. The molecule has 1 saturated heterocycles. The SMILES string of the molecule is CC(=O)N[C@H]1[C@@H](O[C@@H]([C@H](O)[C@@H](N)C(=O)O)[C@H](O)CO)O[C@H](CO)[C@@H](O)[C@@H]1O. The molecule has 0 aromatic rings. The predicted octanol–water partition coefficient (Wildman–Crippen LogP) is -5.56. The molecule has 1 rings (SSSR count). The van der Waals surface area contributed by atoms with E-state index >= 15 is 0 Å². The topological polar surface area (TPSA) is 232 Å². The lowest BCUT2D eigenvalue weighted by Gasteiger charge is -2.44. The molecule has 0 saturated carbocycles. The molecule has 1 heterocycles. The van der Waals surface area contributed by atoms with Crippen LogP contribution in [0, 0.1) is 0 Å². The van der Waals surface area contributed by atoms with Gasteiger partial charge >= 0.3 is 5.97 Å². The smallest absolute Gasteiger partial charge is 0.323 e. The molecule has 1 fully saturated rings. The summed E-state index contributed by atoms with van der Waals surface area (Å²) < 4.78 is 10.6. The van der Waals surface area contributed by atoms with Crippen molar-refractivity contribution in [2.24, 2.45) is 5.73 Å². The summed E-state index contributed by atoms with van der Waals surface area (Å²) >= 11 is 0. The minimum Gasteiger partial charge on any atom is -0.480 e. The summed E-state index contributed by atoms with van der Waals surface area (Å²) in [4.78, 5) is 22.3. The van der Waals surface area contributed by atoms with Gasteiger partial charge in [-0.15, -0.1) is 0 Å². The Morgan fingerprint density at radius 2 is 1.81 bits per heavy atom. The molecular weight excluding hydrogens is 372 g/mol. The average Bonchev–Trinajstić information content (AvgIpc) is 2.62. The number of amides is 1. The Labute approximate surface area is 153 Å². The lowest BCUT2D eigenvalue weighted by molar-refractivity contribution is -0.299. The fourth-order valence-electron chi connectivity index (χ4n) is 2.59. The van der Waals surface area contributed by atoms with Gasteiger partial charge in [0.15, 0.2) is 6.29 Å². The number of carbonyl (C=O) groups excluding carboxylic acids is 1. The number of aliphatic hydroxyl groups is 6. The second kappa shape index (κ2) is 10.2. The number of carboxylic acid groups (broad SMARTS) is 1. The molecule has 10 N–H and O–H groups in total. The van der Waals surface area contributed by atoms with Crippen molar-refractivity contribution in [1.82, 2.24) is 5.32 Å². The van der Waals surface area contributed by atoms with Gasteiger partial charge in [-0.25, -0.2) is 0 Å². The quantitative estimate of drug-likeness (QED) is 0.177. The van der Waals surface area contributed by atoms with Gasteiger partial charge in [0.1, 0.15) is 48.7 Å². The molecule has 1 aliphatic heterocycles. The Kier molecular flexibility index (Phi) is 8.93. The zero-order valence-corrected chi connectivity index (χ0v) is 14.5. The van der Waals surface area contributed by atoms with Gasteiger partial charge in [0.2, 0.25) is 5.91 Å². The van der Waals surface area contributed by atoms with Crippen molar-refractivity contribution in [3.8, 4) is 0 Å². The van der Waals surface area contributed by atoms with E-state index in [9.17, 15) is 35.1 Å². The molecule has 158 valence electrons. The minimum atomic E-state index is -2.01. The monoisotopic (exact) mass is 398 g/mol. The standard InChI is InChI=1S/C14H26N2O11/c1-4(19)16-8-11(23)9(21)6(3-18)26-14(8)27-12(5(20)2-17)10(22)7(15)13(24)25/h5-12,14,17-18,20-23H,2-3,15H2,1H3,(H,16,19)(H,24,25)/t5-,6-,7-,8-,9-,10-,11-,12-,14-/m1/s1. The number of carboxylic acids is 1. The highest BCUT2D eigenvalue weighted by Gasteiger charge is 2.48. The van der Waals surface area contributed by atoms with E-state index in [1.807, 2.05) is 0 Å². The Hall–Kier alpha value is -1.42. The molecule has 0 aliphatic carbocycles. The third-order valence-electron chi connectivity index (χ3n) is 4.10. The van der Waals surface area contributed by atoms with Crippen molar-refractivity contribution in [2.45, 2.75) is 61.9 Å². The summed E-state index contributed by atoms with van der Waals surface area (Å²) in [6, 6.07) is -3.30. The number of aliphatic carboxylic acids is 1. The van der Waals surface area contributed by atoms with Gasteiger partial charge < -0.3 is 56.3 Å². The van der Waals surface area contributed by atoms with Crippen LogP contribution in [-0.4, -0.2) is 116 Å². The molecule has 9 atom stereocenters. The lowest BCUT2D eigenvalue weighted by Crippen LogP contribution is -2.66. The lowest BCUT2D eigenvalue weighted by atomic mass is 9.96. The number of aliphatic hydroxyl groups excluding tert-OH is 6. The third kappa shape index (κ3) is 5.78. The molecular formula is C14H26N2O11. The number of hydrogen-bond donors (Lipinski definition) is 9. The van der Waals surface area contributed by atoms with Gasteiger partial charge in [0.25, 0.3) is 0 Å². The summed E-state index contributed by atoms with van der Waals surface area (Å²) in [6.45, 7) is -0.584. The van der Waals surface area contributed by atoms with Crippen LogP contribution in [0.4, 0.5) is 0 Å². The second-order valence-electron chi connectivity index (χ2n) is 6.14. The number of nitrogens with one attached hydrogen (secondary N) is 1. The van der Waals surface area contributed by atoms with Crippen LogP contribution in [0.2, 0.25) is 0 Å². The Morgan fingerprint density at radius 3 is 2.26 bits per heavy atom. The first-order chi connectivity index (χ1) is 12.5. The summed E-state index contributed by atoms with van der Waals surface area (Å²) in [5.74, 6) is -2.26. The Morgan fingerprint density at radius 1 is 1.22 bits per heavy atom. The first-order valence-electron chi connectivity index (χ1n) is 8.05. The number of rotatable bonds is 9. The van der Waals surface area contributed by atoms with Crippen molar-refractivity contribution >= 4 is 11.9 Å². The van der Waals surface area contributed by atoms with Crippen LogP contribution in [0.3, 0.4) is 0 Å². The average molecular weight is 398 g/mol. The third-order valence-corrected chi connectivity index (χ3v) is 4.10. The molecule has 1 aliphatic rings. The molecule has 13 heteroatoms. The van der Waals surface area contributed by atoms with Crippen molar-refractivity contribution in [1.29, 1.82) is 0 Å². The largest absolute Gasteiger partial charge is 0.480 e. The fourth-order valence-corrected chi connectivity index (χ4v) is 2.59. The van der Waals surface area contributed by atoms with Gasteiger partial charge in [-0.2, -0.15) is 0 Å². The summed E-state index contributed by atoms with van der Waals surface area (Å²) in [5, 5.41) is 69.6. The van der Waals surface area contributed by atoms with E-state index in [4.69, 9.17) is 25.4 Å². The molecule has 27 heavy (non-hydrogen) atoms. The van der Waals surface area contributed by atoms with Gasteiger partial charge in [-0.1, -0.05) is 0 Å². The van der Waals surface area contributed by atoms with E-state index in [1.165, 1.54) is 0 Å².